The Balaban J connectivity index is 1.69. The number of fused-ring (bicyclic) bond motifs is 1. The van der Waals surface area contributed by atoms with Crippen molar-refractivity contribution in [2.75, 3.05) is 18.4 Å². The quantitative estimate of drug-likeness (QED) is 0.691. The summed E-state index contributed by atoms with van der Waals surface area (Å²) >= 11 is 8.86. The number of hydrogen-bond donors (Lipinski definition) is 1. The van der Waals surface area contributed by atoms with Crippen LogP contribution in [0.25, 0.3) is 0 Å². The third-order valence-corrected chi connectivity index (χ3v) is 6.45. The maximum Gasteiger partial charge on any atom is 0.238 e. The lowest BCUT2D eigenvalue weighted by Crippen LogP contribution is -2.39. The molecule has 1 aromatic carbocycles. The molecule has 6 heteroatoms. The first-order valence-electron chi connectivity index (χ1n) is 7.51. The van der Waals surface area contributed by atoms with Crippen LogP contribution in [0.5, 0.6) is 0 Å². The van der Waals surface area contributed by atoms with E-state index < -0.39 is 0 Å². The van der Waals surface area contributed by atoms with E-state index in [1.165, 1.54) is 10.4 Å². The molecule has 0 spiro atoms. The molecule has 0 saturated heterocycles. The summed E-state index contributed by atoms with van der Waals surface area (Å²) in [4.78, 5) is 16.2. The minimum atomic E-state index is 0.0146. The number of rotatable bonds is 3. The second-order valence-electron chi connectivity index (χ2n) is 5.85. The van der Waals surface area contributed by atoms with Crippen LogP contribution in [-0.2, 0) is 11.2 Å². The van der Waals surface area contributed by atoms with Gasteiger partial charge in [0.05, 0.1) is 12.2 Å². The molecule has 2 heterocycles. The SMILES string of the molecule is Cc1cc(Br)c(NC(=O)CN2CCc3sccc3[C@H]2C)c(Br)c1. The molecule has 3 nitrogen and oxygen atoms in total. The second kappa shape index (κ2) is 7.05. The fraction of sp³-hybridized carbons (Fsp3) is 0.353. The molecule has 3 rings (SSSR count). The smallest absolute Gasteiger partial charge is 0.238 e. The van der Waals surface area contributed by atoms with Gasteiger partial charge in [0.15, 0.2) is 0 Å². The van der Waals surface area contributed by atoms with Gasteiger partial charge in [0.1, 0.15) is 0 Å². The van der Waals surface area contributed by atoms with Crippen molar-refractivity contribution in [3.8, 4) is 0 Å². The van der Waals surface area contributed by atoms with Crippen LogP contribution in [0.3, 0.4) is 0 Å². The maximum absolute atomic E-state index is 12.5. The van der Waals surface area contributed by atoms with Gasteiger partial charge in [-0.1, -0.05) is 0 Å². The molecule has 23 heavy (non-hydrogen) atoms. The number of aryl methyl sites for hydroxylation is 1. The largest absolute Gasteiger partial charge is 0.323 e. The first-order chi connectivity index (χ1) is 11.0. The van der Waals surface area contributed by atoms with Crippen molar-refractivity contribution in [3.63, 3.8) is 0 Å². The van der Waals surface area contributed by atoms with E-state index in [4.69, 9.17) is 0 Å². The third-order valence-electron chi connectivity index (χ3n) is 4.20. The first-order valence-corrected chi connectivity index (χ1v) is 9.98. The fourth-order valence-corrected chi connectivity index (χ4v) is 5.54. The van der Waals surface area contributed by atoms with Gasteiger partial charge in [-0.25, -0.2) is 0 Å². The molecule has 0 bridgehead atoms. The van der Waals surface area contributed by atoms with Crippen LogP contribution in [0.15, 0.2) is 32.5 Å². The molecule has 0 radical (unpaired) electrons. The summed E-state index contributed by atoms with van der Waals surface area (Å²) in [6, 6.07) is 6.48. The molecule has 1 N–H and O–H groups in total. The summed E-state index contributed by atoms with van der Waals surface area (Å²) < 4.78 is 1.79. The number of carbonyl (C=O) groups is 1. The summed E-state index contributed by atoms with van der Waals surface area (Å²) in [5.74, 6) is 0.0146. The third kappa shape index (κ3) is 3.71. The Morgan fingerprint density at radius 1 is 1.39 bits per heavy atom. The Hall–Kier alpha value is -0.690. The van der Waals surface area contributed by atoms with Crippen LogP contribution in [-0.4, -0.2) is 23.9 Å². The second-order valence-corrected chi connectivity index (χ2v) is 8.56. The van der Waals surface area contributed by atoms with Crippen molar-refractivity contribution < 1.29 is 4.79 Å². The lowest BCUT2D eigenvalue weighted by atomic mass is 10.0. The summed E-state index contributed by atoms with van der Waals surface area (Å²) in [5, 5.41) is 5.16. The zero-order valence-corrected chi connectivity index (χ0v) is 17.0. The molecular weight excluding hydrogens is 440 g/mol. The molecule has 0 unspecified atom stereocenters. The van der Waals surface area contributed by atoms with E-state index in [9.17, 15) is 4.79 Å². The molecule has 122 valence electrons. The lowest BCUT2D eigenvalue weighted by Gasteiger charge is -2.33. The van der Waals surface area contributed by atoms with E-state index in [-0.39, 0.29) is 5.91 Å². The van der Waals surface area contributed by atoms with E-state index >= 15 is 0 Å². The molecule has 0 saturated carbocycles. The standard InChI is InChI=1S/C17H18Br2N2OS/c1-10-7-13(18)17(14(19)8-10)20-16(22)9-21-5-3-15-12(11(21)2)4-6-23-15/h4,6-8,11H,3,5,9H2,1-2H3,(H,20,22)/t11-/m1/s1. The highest BCUT2D eigenvalue weighted by Gasteiger charge is 2.26. The van der Waals surface area contributed by atoms with Gasteiger partial charge in [0, 0.05) is 26.4 Å². The van der Waals surface area contributed by atoms with Crippen molar-refractivity contribution in [1.29, 1.82) is 0 Å². The molecule has 2 aromatic rings. The molecule has 1 aromatic heterocycles. The van der Waals surface area contributed by atoms with E-state index in [0.717, 1.165) is 33.2 Å². The highest BCUT2D eigenvalue weighted by Crippen LogP contribution is 2.34. The number of hydrogen-bond acceptors (Lipinski definition) is 3. The number of nitrogens with zero attached hydrogens (tertiary/aromatic N) is 1. The monoisotopic (exact) mass is 456 g/mol. The number of benzene rings is 1. The number of nitrogens with one attached hydrogen (secondary N) is 1. The minimum Gasteiger partial charge on any atom is -0.323 e. The molecule has 1 aliphatic heterocycles. The average Bonchev–Trinajstić information content (AvgIpc) is 2.95. The summed E-state index contributed by atoms with van der Waals surface area (Å²) in [5.41, 5.74) is 3.30. The Bertz CT molecular complexity index is 721. The molecular formula is C17H18Br2N2OS. The van der Waals surface area contributed by atoms with Gasteiger partial charge in [-0.15, -0.1) is 11.3 Å². The van der Waals surface area contributed by atoms with Crippen molar-refractivity contribution in [1.82, 2.24) is 4.90 Å². The van der Waals surface area contributed by atoms with Gasteiger partial charge < -0.3 is 5.32 Å². The van der Waals surface area contributed by atoms with Gasteiger partial charge >= 0.3 is 0 Å². The summed E-state index contributed by atoms with van der Waals surface area (Å²) in [6.45, 7) is 5.53. The van der Waals surface area contributed by atoms with E-state index in [1.807, 2.05) is 30.4 Å². The van der Waals surface area contributed by atoms with Crippen molar-refractivity contribution in [3.05, 3.63) is 48.5 Å². The highest BCUT2D eigenvalue weighted by atomic mass is 79.9. The van der Waals surface area contributed by atoms with Gasteiger partial charge in [0.25, 0.3) is 0 Å². The molecule has 1 amide bonds. The average molecular weight is 458 g/mol. The zero-order valence-electron chi connectivity index (χ0n) is 13.0. The summed E-state index contributed by atoms with van der Waals surface area (Å²) in [6.07, 6.45) is 1.03. The van der Waals surface area contributed by atoms with Gasteiger partial charge in [-0.05, 0) is 86.8 Å². The van der Waals surface area contributed by atoms with Gasteiger partial charge in [0.2, 0.25) is 5.91 Å². The van der Waals surface area contributed by atoms with Crippen molar-refractivity contribution in [2.24, 2.45) is 0 Å². The number of thiophene rings is 1. The topological polar surface area (TPSA) is 32.3 Å². The number of anilines is 1. The molecule has 0 aliphatic carbocycles. The normalized spacial score (nSPS) is 17.8. The zero-order chi connectivity index (χ0) is 16.6. The van der Waals surface area contributed by atoms with Crippen LogP contribution in [0, 0.1) is 6.92 Å². The predicted octanol–water partition coefficient (Wildman–Crippen LogP) is 5.14. The van der Waals surface area contributed by atoms with Crippen molar-refractivity contribution in [2.45, 2.75) is 26.3 Å². The number of carbonyl (C=O) groups excluding carboxylic acids is 1. The number of amides is 1. The Labute approximate surface area is 157 Å². The van der Waals surface area contributed by atoms with Gasteiger partial charge in [-0.3, -0.25) is 9.69 Å². The van der Waals surface area contributed by atoms with Crippen LogP contribution in [0.2, 0.25) is 0 Å². The van der Waals surface area contributed by atoms with E-state index in [0.29, 0.717) is 12.6 Å². The highest BCUT2D eigenvalue weighted by molar-refractivity contribution is 9.11. The van der Waals surface area contributed by atoms with E-state index in [1.54, 1.807) is 0 Å². The maximum atomic E-state index is 12.5. The Morgan fingerprint density at radius 3 is 2.78 bits per heavy atom. The van der Waals surface area contributed by atoms with Crippen LogP contribution in [0.4, 0.5) is 5.69 Å². The van der Waals surface area contributed by atoms with Crippen LogP contribution < -0.4 is 5.32 Å². The van der Waals surface area contributed by atoms with Crippen molar-refractivity contribution >= 4 is 54.8 Å². The Kier molecular flexibility index (Phi) is 5.26. The van der Waals surface area contributed by atoms with Crippen LogP contribution in [0.1, 0.15) is 29.0 Å². The van der Waals surface area contributed by atoms with Gasteiger partial charge in [-0.2, -0.15) is 0 Å². The minimum absolute atomic E-state index is 0.0146. The molecule has 1 aliphatic rings. The number of halogens is 2. The predicted molar refractivity (Wildman–Crippen MR) is 103 cm³/mol. The molecule has 0 fully saturated rings. The van der Waals surface area contributed by atoms with Crippen LogP contribution >= 0.6 is 43.2 Å². The van der Waals surface area contributed by atoms with E-state index in [2.05, 4.69) is 60.4 Å². The fourth-order valence-electron chi connectivity index (χ4n) is 2.96. The summed E-state index contributed by atoms with van der Waals surface area (Å²) in [7, 11) is 0. The first kappa shape index (κ1) is 17.1. The lowest BCUT2D eigenvalue weighted by molar-refractivity contribution is -0.117. The Morgan fingerprint density at radius 2 is 2.09 bits per heavy atom. The molecule has 1 atom stereocenters.